The first-order valence-corrected chi connectivity index (χ1v) is 6.54. The van der Waals surface area contributed by atoms with E-state index in [2.05, 4.69) is 10.1 Å². The Labute approximate surface area is 122 Å². The number of esters is 1. The van der Waals surface area contributed by atoms with Crippen molar-refractivity contribution in [1.29, 1.82) is 0 Å². The van der Waals surface area contributed by atoms with Crippen LogP contribution in [-0.2, 0) is 25.6 Å². The molecular weight excluding hydrogens is 274 g/mol. The van der Waals surface area contributed by atoms with Gasteiger partial charge in [0.05, 0.1) is 20.3 Å². The fraction of sp³-hybridized carbons (Fsp3) is 0.333. The molecule has 1 fully saturated rings. The molecular formula is C15H17NO5. The van der Waals surface area contributed by atoms with Crippen molar-refractivity contribution in [3.8, 4) is 0 Å². The smallest absolute Gasteiger partial charge is 0.412 e. The number of nitrogens with one attached hydrogen (secondary N) is 1. The lowest BCUT2D eigenvalue weighted by molar-refractivity contribution is -0.136. The predicted molar refractivity (Wildman–Crippen MR) is 74.2 cm³/mol. The maximum absolute atomic E-state index is 11.7. The molecule has 1 aliphatic heterocycles. The van der Waals surface area contributed by atoms with Gasteiger partial charge < -0.3 is 14.2 Å². The Bertz CT molecular complexity index is 522. The quantitative estimate of drug-likeness (QED) is 0.659. The Balaban J connectivity index is 1.88. The SMILES string of the molecule is COC(=O)C(=CC1COC1)NC(=O)OCc1ccccc1. The number of carbonyl (C=O) groups is 2. The highest BCUT2D eigenvalue weighted by Crippen LogP contribution is 2.13. The lowest BCUT2D eigenvalue weighted by Crippen LogP contribution is -2.32. The molecule has 0 aliphatic carbocycles. The number of carbonyl (C=O) groups excluding carboxylic acids is 2. The maximum atomic E-state index is 11.7. The molecule has 0 aromatic heterocycles. The zero-order valence-electron chi connectivity index (χ0n) is 11.7. The maximum Gasteiger partial charge on any atom is 0.412 e. The van der Waals surface area contributed by atoms with E-state index >= 15 is 0 Å². The van der Waals surface area contributed by atoms with E-state index in [4.69, 9.17) is 9.47 Å². The molecule has 0 unspecified atom stereocenters. The molecule has 0 radical (unpaired) electrons. The van der Waals surface area contributed by atoms with Crippen molar-refractivity contribution in [3.63, 3.8) is 0 Å². The highest BCUT2D eigenvalue weighted by atomic mass is 16.6. The molecule has 1 aromatic rings. The average molecular weight is 291 g/mol. The molecule has 6 heteroatoms. The number of benzene rings is 1. The van der Waals surface area contributed by atoms with Crippen molar-refractivity contribution in [1.82, 2.24) is 5.32 Å². The Hall–Kier alpha value is -2.34. The summed E-state index contributed by atoms with van der Waals surface area (Å²) in [5.74, 6) is -0.507. The van der Waals surface area contributed by atoms with Gasteiger partial charge in [0.25, 0.3) is 0 Å². The Kier molecular flexibility index (Phi) is 5.34. The van der Waals surface area contributed by atoms with E-state index in [1.54, 1.807) is 6.08 Å². The van der Waals surface area contributed by atoms with Crippen LogP contribution in [0.25, 0.3) is 0 Å². The summed E-state index contributed by atoms with van der Waals surface area (Å²) in [6, 6.07) is 9.27. The fourth-order valence-corrected chi connectivity index (χ4v) is 1.73. The third-order valence-corrected chi connectivity index (χ3v) is 2.92. The largest absolute Gasteiger partial charge is 0.464 e. The number of methoxy groups -OCH3 is 1. The van der Waals surface area contributed by atoms with E-state index in [1.807, 2.05) is 30.3 Å². The summed E-state index contributed by atoms with van der Waals surface area (Å²) in [5, 5.41) is 2.41. The van der Waals surface area contributed by atoms with Crippen molar-refractivity contribution in [2.45, 2.75) is 6.61 Å². The van der Waals surface area contributed by atoms with Crippen LogP contribution in [0.5, 0.6) is 0 Å². The van der Waals surface area contributed by atoms with E-state index in [-0.39, 0.29) is 18.2 Å². The van der Waals surface area contributed by atoms with Gasteiger partial charge >= 0.3 is 12.1 Å². The molecule has 1 saturated heterocycles. The summed E-state index contributed by atoms with van der Waals surface area (Å²) in [5.41, 5.74) is 0.938. The summed E-state index contributed by atoms with van der Waals surface area (Å²) in [4.78, 5) is 23.3. The minimum Gasteiger partial charge on any atom is -0.464 e. The van der Waals surface area contributed by atoms with E-state index in [9.17, 15) is 9.59 Å². The summed E-state index contributed by atoms with van der Waals surface area (Å²) in [6.45, 7) is 1.19. The first-order valence-electron chi connectivity index (χ1n) is 6.54. The fourth-order valence-electron chi connectivity index (χ4n) is 1.73. The van der Waals surface area contributed by atoms with Crippen LogP contribution < -0.4 is 5.32 Å². The molecule has 1 aliphatic rings. The van der Waals surface area contributed by atoms with Gasteiger partial charge in [0.1, 0.15) is 12.3 Å². The van der Waals surface area contributed by atoms with E-state index < -0.39 is 12.1 Å². The lowest BCUT2D eigenvalue weighted by Gasteiger charge is -2.23. The molecule has 1 heterocycles. The number of ether oxygens (including phenoxy) is 3. The number of amides is 1. The van der Waals surface area contributed by atoms with Gasteiger partial charge in [-0.05, 0) is 11.6 Å². The molecule has 1 N–H and O–H groups in total. The minimum atomic E-state index is -0.698. The van der Waals surface area contributed by atoms with Gasteiger partial charge in [0.2, 0.25) is 0 Å². The van der Waals surface area contributed by atoms with E-state index in [1.165, 1.54) is 7.11 Å². The first kappa shape index (κ1) is 15.1. The van der Waals surface area contributed by atoms with Gasteiger partial charge in [0, 0.05) is 5.92 Å². The molecule has 1 amide bonds. The van der Waals surface area contributed by atoms with Crippen molar-refractivity contribution in [2.24, 2.45) is 5.92 Å². The van der Waals surface area contributed by atoms with Gasteiger partial charge in [-0.25, -0.2) is 9.59 Å². The topological polar surface area (TPSA) is 73.9 Å². The zero-order chi connectivity index (χ0) is 15.1. The number of hydrogen-bond donors (Lipinski definition) is 1. The van der Waals surface area contributed by atoms with Gasteiger partial charge in [-0.15, -0.1) is 0 Å². The molecule has 0 spiro atoms. The summed E-state index contributed by atoms with van der Waals surface area (Å²) in [6.07, 6.45) is 0.926. The van der Waals surface area contributed by atoms with Crippen LogP contribution in [0.15, 0.2) is 42.1 Å². The average Bonchev–Trinajstić information content (AvgIpc) is 2.47. The monoisotopic (exact) mass is 291 g/mol. The molecule has 2 rings (SSSR count). The minimum absolute atomic E-state index is 0.0730. The third kappa shape index (κ3) is 4.61. The standard InChI is InChI=1S/C15H17NO5/c1-19-14(17)13(7-12-8-20-9-12)16-15(18)21-10-11-5-3-2-4-6-11/h2-7,12H,8-10H2,1H3,(H,16,18). The zero-order valence-corrected chi connectivity index (χ0v) is 11.7. The Morgan fingerprint density at radius 3 is 2.62 bits per heavy atom. The second-order valence-corrected chi connectivity index (χ2v) is 4.56. The molecule has 21 heavy (non-hydrogen) atoms. The van der Waals surface area contributed by atoms with Crippen LogP contribution in [0, 0.1) is 5.92 Å². The van der Waals surface area contributed by atoms with Gasteiger partial charge in [-0.1, -0.05) is 30.3 Å². The number of alkyl carbamates (subject to hydrolysis) is 1. The van der Waals surface area contributed by atoms with Crippen LogP contribution >= 0.6 is 0 Å². The van der Waals surface area contributed by atoms with Crippen LogP contribution in [0.4, 0.5) is 4.79 Å². The summed E-state index contributed by atoms with van der Waals surface area (Å²) >= 11 is 0. The lowest BCUT2D eigenvalue weighted by atomic mass is 10.1. The van der Waals surface area contributed by atoms with Gasteiger partial charge in [-0.3, -0.25) is 5.32 Å². The van der Waals surface area contributed by atoms with Crippen LogP contribution in [-0.4, -0.2) is 32.4 Å². The van der Waals surface area contributed by atoms with Gasteiger partial charge in [-0.2, -0.15) is 0 Å². The van der Waals surface area contributed by atoms with Crippen molar-refractivity contribution in [2.75, 3.05) is 20.3 Å². The second-order valence-electron chi connectivity index (χ2n) is 4.56. The highest BCUT2D eigenvalue weighted by Gasteiger charge is 2.21. The van der Waals surface area contributed by atoms with Crippen LogP contribution in [0.2, 0.25) is 0 Å². The molecule has 0 bridgehead atoms. The molecule has 6 nitrogen and oxygen atoms in total. The summed E-state index contributed by atoms with van der Waals surface area (Å²) < 4.78 is 14.7. The van der Waals surface area contributed by atoms with Crippen molar-refractivity contribution in [3.05, 3.63) is 47.7 Å². The second kappa shape index (κ2) is 7.44. The van der Waals surface area contributed by atoms with E-state index in [0.717, 1.165) is 5.56 Å². The Morgan fingerprint density at radius 2 is 2.05 bits per heavy atom. The number of hydrogen-bond acceptors (Lipinski definition) is 5. The number of rotatable bonds is 5. The van der Waals surface area contributed by atoms with Crippen molar-refractivity contribution >= 4 is 12.1 Å². The predicted octanol–water partition coefficient (Wildman–Crippen LogP) is 1.62. The first-order chi connectivity index (χ1) is 10.2. The molecule has 0 atom stereocenters. The van der Waals surface area contributed by atoms with Gasteiger partial charge in [0.15, 0.2) is 0 Å². The van der Waals surface area contributed by atoms with E-state index in [0.29, 0.717) is 13.2 Å². The normalized spacial score (nSPS) is 15.0. The molecule has 0 saturated carbocycles. The summed E-state index contributed by atoms with van der Waals surface area (Å²) in [7, 11) is 1.25. The molecule has 112 valence electrons. The highest BCUT2D eigenvalue weighted by molar-refractivity contribution is 5.92. The van der Waals surface area contributed by atoms with Crippen molar-refractivity contribution < 1.29 is 23.8 Å². The van der Waals surface area contributed by atoms with Crippen LogP contribution in [0.1, 0.15) is 5.56 Å². The van der Waals surface area contributed by atoms with Crippen LogP contribution in [0.3, 0.4) is 0 Å². The Morgan fingerprint density at radius 1 is 1.33 bits per heavy atom. The molecule has 1 aromatic carbocycles. The third-order valence-electron chi connectivity index (χ3n) is 2.92.